The fraction of sp³-hybridized carbons (Fsp3) is 0.478. The van der Waals surface area contributed by atoms with Gasteiger partial charge in [0.25, 0.3) is 11.3 Å². The standard InChI is InChI=1S/C23H28ClN5O3/c1-15-10-16(2)12-28(11-15)9-3-8-25-19(30)13-29-14-26-22-20(23(29)31)21(27-32-22)17-4-6-18(24)7-5-17/h4-7,14-16H,3,8-13H2,1-2H3,(H,25,30). The van der Waals surface area contributed by atoms with Crippen molar-refractivity contribution in [3.63, 3.8) is 0 Å². The molecular weight excluding hydrogens is 430 g/mol. The van der Waals surface area contributed by atoms with Crippen LogP contribution in [0.5, 0.6) is 0 Å². The van der Waals surface area contributed by atoms with Crippen molar-refractivity contribution in [2.75, 3.05) is 26.2 Å². The Hall–Kier alpha value is -2.71. The molecule has 32 heavy (non-hydrogen) atoms. The Morgan fingerprint density at radius 3 is 2.66 bits per heavy atom. The Morgan fingerprint density at radius 1 is 1.22 bits per heavy atom. The molecule has 4 rings (SSSR count). The van der Waals surface area contributed by atoms with Gasteiger partial charge < -0.3 is 14.7 Å². The highest BCUT2D eigenvalue weighted by molar-refractivity contribution is 6.30. The smallest absolute Gasteiger partial charge is 0.267 e. The first-order valence-corrected chi connectivity index (χ1v) is 11.4. The van der Waals surface area contributed by atoms with Gasteiger partial charge in [-0.05, 0) is 43.4 Å². The van der Waals surface area contributed by atoms with Gasteiger partial charge in [0, 0.05) is 30.2 Å². The Kier molecular flexibility index (Phi) is 6.91. The summed E-state index contributed by atoms with van der Waals surface area (Å²) in [6, 6.07) is 6.94. The highest BCUT2D eigenvalue weighted by Gasteiger charge is 2.21. The number of rotatable bonds is 7. The van der Waals surface area contributed by atoms with Crippen LogP contribution in [0.1, 0.15) is 26.7 Å². The third-order valence-electron chi connectivity index (χ3n) is 5.81. The van der Waals surface area contributed by atoms with Crippen LogP contribution in [0.2, 0.25) is 5.02 Å². The lowest BCUT2D eigenvalue weighted by Crippen LogP contribution is -2.40. The molecule has 0 radical (unpaired) electrons. The van der Waals surface area contributed by atoms with E-state index in [0.717, 1.165) is 37.9 Å². The van der Waals surface area contributed by atoms with Crippen LogP contribution in [-0.4, -0.2) is 51.7 Å². The minimum Gasteiger partial charge on any atom is -0.354 e. The van der Waals surface area contributed by atoms with Gasteiger partial charge in [-0.1, -0.05) is 42.7 Å². The topological polar surface area (TPSA) is 93.3 Å². The summed E-state index contributed by atoms with van der Waals surface area (Å²) in [5.74, 6) is 1.22. The second-order valence-electron chi connectivity index (χ2n) is 8.80. The third-order valence-corrected chi connectivity index (χ3v) is 6.06. The summed E-state index contributed by atoms with van der Waals surface area (Å²) in [6.07, 6.45) is 3.48. The first kappa shape index (κ1) is 22.5. The molecule has 9 heteroatoms. The van der Waals surface area contributed by atoms with E-state index in [1.54, 1.807) is 24.3 Å². The van der Waals surface area contributed by atoms with E-state index in [-0.39, 0.29) is 29.1 Å². The minimum atomic E-state index is -0.368. The molecule has 1 saturated heterocycles. The van der Waals surface area contributed by atoms with E-state index in [2.05, 4.69) is 34.2 Å². The molecule has 0 bridgehead atoms. The summed E-state index contributed by atoms with van der Waals surface area (Å²) >= 11 is 5.94. The molecule has 1 amide bonds. The number of nitrogens with one attached hydrogen (secondary N) is 1. The molecule has 1 aromatic carbocycles. The fourth-order valence-electron chi connectivity index (χ4n) is 4.51. The molecule has 3 aromatic rings. The molecule has 2 aromatic heterocycles. The molecule has 2 unspecified atom stereocenters. The van der Waals surface area contributed by atoms with E-state index < -0.39 is 0 Å². The number of fused-ring (bicyclic) bond motifs is 1. The lowest BCUT2D eigenvalue weighted by Gasteiger charge is -2.34. The van der Waals surface area contributed by atoms with Gasteiger partial charge in [0.1, 0.15) is 24.0 Å². The molecule has 0 aliphatic carbocycles. The van der Waals surface area contributed by atoms with Gasteiger partial charge in [0.15, 0.2) is 0 Å². The molecule has 0 saturated carbocycles. The monoisotopic (exact) mass is 457 g/mol. The quantitative estimate of drug-likeness (QED) is 0.547. The van der Waals surface area contributed by atoms with Crippen LogP contribution in [0.15, 0.2) is 39.9 Å². The number of piperidine rings is 1. The van der Waals surface area contributed by atoms with Crippen molar-refractivity contribution >= 4 is 28.6 Å². The number of hydrogen-bond acceptors (Lipinski definition) is 6. The second-order valence-corrected chi connectivity index (χ2v) is 9.24. The maximum Gasteiger partial charge on any atom is 0.267 e. The molecule has 1 fully saturated rings. The number of carbonyl (C=O) groups excluding carboxylic acids is 1. The maximum absolute atomic E-state index is 13.0. The zero-order valence-corrected chi connectivity index (χ0v) is 19.1. The van der Waals surface area contributed by atoms with Crippen molar-refractivity contribution in [3.8, 4) is 11.3 Å². The number of nitrogens with zero attached hydrogens (tertiary/aromatic N) is 4. The largest absolute Gasteiger partial charge is 0.354 e. The average Bonchev–Trinajstić information content (AvgIpc) is 3.18. The highest BCUT2D eigenvalue weighted by atomic mass is 35.5. The summed E-state index contributed by atoms with van der Waals surface area (Å²) in [5.41, 5.74) is 0.846. The lowest BCUT2D eigenvalue weighted by atomic mass is 9.92. The van der Waals surface area contributed by atoms with Crippen molar-refractivity contribution in [2.45, 2.75) is 33.2 Å². The summed E-state index contributed by atoms with van der Waals surface area (Å²) in [4.78, 5) is 32.0. The van der Waals surface area contributed by atoms with Gasteiger partial charge in [0.05, 0.1) is 0 Å². The Bertz CT molecular complexity index is 1130. The van der Waals surface area contributed by atoms with Crippen molar-refractivity contribution < 1.29 is 9.32 Å². The number of halogens is 1. The van der Waals surface area contributed by atoms with Crippen molar-refractivity contribution in [1.29, 1.82) is 0 Å². The second kappa shape index (κ2) is 9.83. The SMILES string of the molecule is CC1CC(C)CN(CCCNC(=O)Cn2cnc3onc(-c4ccc(Cl)cc4)c3c2=O)C1. The molecule has 3 heterocycles. The number of amides is 1. The van der Waals surface area contributed by atoms with E-state index in [1.165, 1.54) is 17.3 Å². The van der Waals surface area contributed by atoms with Gasteiger partial charge in [-0.15, -0.1) is 0 Å². The number of hydrogen-bond donors (Lipinski definition) is 1. The highest BCUT2D eigenvalue weighted by Crippen LogP contribution is 2.25. The van der Waals surface area contributed by atoms with E-state index >= 15 is 0 Å². The predicted octanol–water partition coefficient (Wildman–Crippen LogP) is 3.19. The van der Waals surface area contributed by atoms with Crippen molar-refractivity contribution in [1.82, 2.24) is 24.9 Å². The molecule has 170 valence electrons. The number of carbonyl (C=O) groups is 1. The molecule has 2 atom stereocenters. The van der Waals surface area contributed by atoms with Crippen LogP contribution in [0.3, 0.4) is 0 Å². The Morgan fingerprint density at radius 2 is 1.94 bits per heavy atom. The average molecular weight is 458 g/mol. The maximum atomic E-state index is 13.0. The van der Waals surface area contributed by atoms with Crippen LogP contribution in [0, 0.1) is 11.8 Å². The molecule has 1 N–H and O–H groups in total. The third kappa shape index (κ3) is 5.19. The van der Waals surface area contributed by atoms with E-state index in [9.17, 15) is 9.59 Å². The molecule has 0 spiro atoms. The summed E-state index contributed by atoms with van der Waals surface area (Å²) in [6.45, 7) is 8.26. The van der Waals surface area contributed by atoms with Gasteiger partial charge >= 0.3 is 0 Å². The lowest BCUT2D eigenvalue weighted by molar-refractivity contribution is -0.121. The molecular formula is C23H28ClN5O3. The predicted molar refractivity (Wildman–Crippen MR) is 124 cm³/mol. The number of benzene rings is 1. The van der Waals surface area contributed by atoms with E-state index in [4.69, 9.17) is 16.1 Å². The van der Waals surface area contributed by atoms with E-state index in [0.29, 0.717) is 22.8 Å². The molecule has 1 aliphatic rings. The summed E-state index contributed by atoms with van der Waals surface area (Å²) in [7, 11) is 0. The van der Waals surface area contributed by atoms with Gasteiger partial charge in [0.2, 0.25) is 5.91 Å². The molecule has 1 aliphatic heterocycles. The van der Waals surface area contributed by atoms with Crippen LogP contribution < -0.4 is 10.9 Å². The van der Waals surface area contributed by atoms with Crippen LogP contribution in [0.25, 0.3) is 22.4 Å². The Balaban J connectivity index is 1.37. The van der Waals surface area contributed by atoms with Gasteiger partial charge in [-0.25, -0.2) is 4.98 Å². The van der Waals surface area contributed by atoms with Crippen LogP contribution in [0.4, 0.5) is 0 Å². The Labute approximate surface area is 191 Å². The van der Waals surface area contributed by atoms with Crippen molar-refractivity contribution in [3.05, 3.63) is 46.0 Å². The van der Waals surface area contributed by atoms with Gasteiger partial charge in [-0.2, -0.15) is 0 Å². The van der Waals surface area contributed by atoms with E-state index in [1.807, 2.05) is 0 Å². The molecule has 8 nitrogen and oxygen atoms in total. The van der Waals surface area contributed by atoms with Crippen LogP contribution >= 0.6 is 11.6 Å². The summed E-state index contributed by atoms with van der Waals surface area (Å²) < 4.78 is 6.49. The number of likely N-dealkylation sites (tertiary alicyclic amines) is 1. The normalized spacial score (nSPS) is 19.3. The van der Waals surface area contributed by atoms with Crippen molar-refractivity contribution in [2.24, 2.45) is 11.8 Å². The fourth-order valence-corrected chi connectivity index (χ4v) is 4.64. The van der Waals surface area contributed by atoms with Crippen LogP contribution in [-0.2, 0) is 11.3 Å². The summed E-state index contributed by atoms with van der Waals surface area (Å²) in [5, 5.41) is 7.73. The van der Waals surface area contributed by atoms with Gasteiger partial charge in [-0.3, -0.25) is 14.2 Å². The zero-order valence-electron chi connectivity index (χ0n) is 18.4. The zero-order chi connectivity index (χ0) is 22.7. The first-order chi connectivity index (χ1) is 15.4. The minimum absolute atomic E-state index is 0.106. The first-order valence-electron chi connectivity index (χ1n) is 11.0. The number of aromatic nitrogens is 3.